The lowest BCUT2D eigenvalue weighted by atomic mass is 10.1. The summed E-state index contributed by atoms with van der Waals surface area (Å²) in [5.41, 5.74) is 1.41. The Bertz CT molecular complexity index is 291. The molecule has 3 nitrogen and oxygen atoms in total. The van der Waals surface area contributed by atoms with E-state index in [9.17, 15) is 0 Å². The van der Waals surface area contributed by atoms with Gasteiger partial charge in [0.15, 0.2) is 0 Å². The zero-order valence-electron chi connectivity index (χ0n) is 11.0. The Hall–Kier alpha value is -0.800. The third-order valence-corrected chi connectivity index (χ3v) is 2.91. The van der Waals surface area contributed by atoms with E-state index < -0.39 is 0 Å². The molecule has 1 atom stereocenters. The van der Waals surface area contributed by atoms with Gasteiger partial charge in [-0.25, -0.2) is 0 Å². The zero-order chi connectivity index (χ0) is 12.0. The average molecular weight is 223 g/mol. The highest BCUT2D eigenvalue weighted by molar-refractivity contribution is 5.15. The molecule has 0 bridgehead atoms. The summed E-state index contributed by atoms with van der Waals surface area (Å²) in [5, 5.41) is 3.37. The molecule has 0 aliphatic rings. The van der Waals surface area contributed by atoms with Crippen LogP contribution in [0.15, 0.2) is 18.5 Å². The summed E-state index contributed by atoms with van der Waals surface area (Å²) in [6, 6.07) is 2.73. The second kappa shape index (κ2) is 6.71. The van der Waals surface area contributed by atoms with E-state index in [1.807, 2.05) is 7.05 Å². The molecule has 0 aliphatic carbocycles. The van der Waals surface area contributed by atoms with Gasteiger partial charge in [-0.05, 0) is 39.2 Å². The van der Waals surface area contributed by atoms with Crippen LogP contribution in [0.3, 0.4) is 0 Å². The monoisotopic (exact) mass is 223 g/mol. The van der Waals surface area contributed by atoms with Crippen molar-refractivity contribution >= 4 is 0 Å². The molecule has 1 aromatic rings. The van der Waals surface area contributed by atoms with Crippen molar-refractivity contribution in [2.24, 2.45) is 0 Å². The van der Waals surface area contributed by atoms with Crippen molar-refractivity contribution in [3.05, 3.63) is 24.0 Å². The van der Waals surface area contributed by atoms with Crippen molar-refractivity contribution < 1.29 is 0 Å². The second-order valence-corrected chi connectivity index (χ2v) is 4.62. The minimum atomic E-state index is 0.505. The third kappa shape index (κ3) is 3.99. The molecule has 1 N–H and O–H groups in total. The van der Waals surface area contributed by atoms with Crippen molar-refractivity contribution in [2.75, 3.05) is 27.7 Å². The van der Waals surface area contributed by atoms with Gasteiger partial charge in [-0.1, -0.05) is 13.3 Å². The molecular formula is C13H25N3. The van der Waals surface area contributed by atoms with Gasteiger partial charge in [0.2, 0.25) is 0 Å². The predicted octanol–water partition coefficient (Wildman–Crippen LogP) is 2.11. The number of nitrogens with zero attached hydrogens (tertiary/aromatic N) is 2. The number of rotatable bonds is 7. The molecule has 16 heavy (non-hydrogen) atoms. The van der Waals surface area contributed by atoms with Crippen LogP contribution in [-0.2, 0) is 6.54 Å². The molecule has 0 spiro atoms. The third-order valence-electron chi connectivity index (χ3n) is 2.91. The summed E-state index contributed by atoms with van der Waals surface area (Å²) in [5.74, 6) is 0. The maximum absolute atomic E-state index is 3.37. The van der Waals surface area contributed by atoms with Gasteiger partial charge >= 0.3 is 0 Å². The molecule has 0 fully saturated rings. The molecule has 0 saturated heterocycles. The highest BCUT2D eigenvalue weighted by Crippen LogP contribution is 2.18. The first kappa shape index (κ1) is 13.3. The lowest BCUT2D eigenvalue weighted by Crippen LogP contribution is -2.18. The van der Waals surface area contributed by atoms with Crippen molar-refractivity contribution in [3.63, 3.8) is 0 Å². The Balaban J connectivity index is 2.55. The molecule has 0 aromatic carbocycles. The molecule has 1 unspecified atom stereocenters. The first-order valence-electron chi connectivity index (χ1n) is 6.15. The Morgan fingerprint density at radius 2 is 2.19 bits per heavy atom. The Labute approximate surface area is 99.4 Å². The van der Waals surface area contributed by atoms with Gasteiger partial charge in [0.1, 0.15) is 0 Å². The van der Waals surface area contributed by atoms with Gasteiger partial charge < -0.3 is 14.8 Å². The number of likely N-dealkylation sites (N-methyl/N-ethyl adjacent to an activating group) is 1. The van der Waals surface area contributed by atoms with E-state index in [1.165, 1.54) is 18.4 Å². The molecule has 0 amide bonds. The van der Waals surface area contributed by atoms with Crippen LogP contribution in [0, 0.1) is 0 Å². The zero-order valence-corrected chi connectivity index (χ0v) is 11.0. The van der Waals surface area contributed by atoms with E-state index in [4.69, 9.17) is 0 Å². The molecule has 0 aliphatic heterocycles. The number of hydrogen-bond acceptors (Lipinski definition) is 2. The van der Waals surface area contributed by atoms with Crippen LogP contribution in [0.1, 0.15) is 31.4 Å². The van der Waals surface area contributed by atoms with E-state index >= 15 is 0 Å². The molecular weight excluding hydrogens is 198 g/mol. The first-order valence-corrected chi connectivity index (χ1v) is 6.15. The van der Waals surface area contributed by atoms with Crippen molar-refractivity contribution in [1.82, 2.24) is 14.8 Å². The van der Waals surface area contributed by atoms with Crippen LogP contribution in [-0.4, -0.2) is 37.2 Å². The van der Waals surface area contributed by atoms with Crippen LogP contribution in [0.2, 0.25) is 0 Å². The summed E-state index contributed by atoms with van der Waals surface area (Å²) in [6.07, 6.45) is 6.86. The molecule has 1 aromatic heterocycles. The van der Waals surface area contributed by atoms with Crippen LogP contribution >= 0.6 is 0 Å². The minimum Gasteiger partial charge on any atom is -0.353 e. The van der Waals surface area contributed by atoms with Crippen molar-refractivity contribution in [2.45, 2.75) is 32.4 Å². The standard InChI is InChI=1S/C13H25N3/c1-5-6-13(14-2)12-7-8-16(11-12)10-9-15(3)4/h7-8,11,13-14H,5-6,9-10H2,1-4H3. The second-order valence-electron chi connectivity index (χ2n) is 4.62. The van der Waals surface area contributed by atoms with E-state index in [1.54, 1.807) is 0 Å². The largest absolute Gasteiger partial charge is 0.353 e. The van der Waals surface area contributed by atoms with Crippen LogP contribution in [0.5, 0.6) is 0 Å². The van der Waals surface area contributed by atoms with Gasteiger partial charge in [-0.2, -0.15) is 0 Å². The lowest BCUT2D eigenvalue weighted by molar-refractivity contribution is 0.384. The minimum absolute atomic E-state index is 0.505. The fraction of sp³-hybridized carbons (Fsp3) is 0.692. The maximum Gasteiger partial charge on any atom is 0.0347 e. The Morgan fingerprint density at radius 3 is 2.75 bits per heavy atom. The van der Waals surface area contributed by atoms with Crippen LogP contribution < -0.4 is 5.32 Å². The summed E-state index contributed by atoms with van der Waals surface area (Å²) in [7, 11) is 6.26. The molecule has 1 heterocycles. The lowest BCUT2D eigenvalue weighted by Gasteiger charge is -2.13. The summed E-state index contributed by atoms with van der Waals surface area (Å²) in [6.45, 7) is 4.38. The highest BCUT2D eigenvalue weighted by atomic mass is 15.1. The maximum atomic E-state index is 3.37. The fourth-order valence-electron chi connectivity index (χ4n) is 1.89. The fourth-order valence-corrected chi connectivity index (χ4v) is 1.89. The molecule has 0 saturated carbocycles. The van der Waals surface area contributed by atoms with E-state index in [2.05, 4.69) is 54.3 Å². The molecule has 3 heteroatoms. The Morgan fingerprint density at radius 1 is 1.44 bits per heavy atom. The van der Waals surface area contributed by atoms with Gasteiger partial charge in [-0.15, -0.1) is 0 Å². The van der Waals surface area contributed by atoms with Gasteiger partial charge in [0.05, 0.1) is 0 Å². The topological polar surface area (TPSA) is 20.2 Å². The molecule has 1 rings (SSSR count). The number of nitrogens with one attached hydrogen (secondary N) is 1. The van der Waals surface area contributed by atoms with Crippen molar-refractivity contribution in [3.8, 4) is 0 Å². The van der Waals surface area contributed by atoms with E-state index in [0.29, 0.717) is 6.04 Å². The SMILES string of the molecule is CCCC(NC)c1ccn(CCN(C)C)c1. The highest BCUT2D eigenvalue weighted by Gasteiger charge is 2.08. The summed E-state index contributed by atoms with van der Waals surface area (Å²) < 4.78 is 2.27. The quantitative estimate of drug-likeness (QED) is 0.764. The number of aromatic nitrogens is 1. The summed E-state index contributed by atoms with van der Waals surface area (Å²) >= 11 is 0. The normalized spacial score (nSPS) is 13.3. The number of hydrogen-bond donors (Lipinski definition) is 1. The van der Waals surface area contributed by atoms with Crippen molar-refractivity contribution in [1.29, 1.82) is 0 Å². The van der Waals surface area contributed by atoms with Gasteiger partial charge in [0.25, 0.3) is 0 Å². The van der Waals surface area contributed by atoms with E-state index in [0.717, 1.165) is 13.1 Å². The first-order chi connectivity index (χ1) is 7.67. The smallest absolute Gasteiger partial charge is 0.0347 e. The predicted molar refractivity (Wildman–Crippen MR) is 69.7 cm³/mol. The van der Waals surface area contributed by atoms with E-state index in [-0.39, 0.29) is 0 Å². The molecule has 0 radical (unpaired) electrons. The average Bonchev–Trinajstić information content (AvgIpc) is 2.71. The van der Waals surface area contributed by atoms with Gasteiger partial charge in [0, 0.05) is 31.5 Å². The molecule has 92 valence electrons. The summed E-state index contributed by atoms with van der Waals surface area (Å²) in [4.78, 5) is 2.21. The van der Waals surface area contributed by atoms with Gasteiger partial charge in [-0.3, -0.25) is 0 Å². The van der Waals surface area contributed by atoms with Crippen LogP contribution in [0.4, 0.5) is 0 Å². The Kier molecular flexibility index (Phi) is 5.56. The van der Waals surface area contributed by atoms with Crippen LogP contribution in [0.25, 0.3) is 0 Å².